The van der Waals surface area contributed by atoms with Crippen molar-refractivity contribution in [1.82, 2.24) is 0 Å². The Hall–Kier alpha value is -1.80. The first-order valence-electron chi connectivity index (χ1n) is 6.19. The number of carbonyl (C=O) groups excluding carboxylic acids is 1. The van der Waals surface area contributed by atoms with Gasteiger partial charge in [-0.15, -0.1) is 0 Å². The number of esters is 1. The minimum atomic E-state index is -0.274. The number of halogens is 1. The van der Waals surface area contributed by atoms with Crippen molar-refractivity contribution in [3.05, 3.63) is 69.7 Å². The van der Waals surface area contributed by atoms with Gasteiger partial charge in [0.1, 0.15) is 6.10 Å². The van der Waals surface area contributed by atoms with E-state index in [-0.39, 0.29) is 12.1 Å². The summed E-state index contributed by atoms with van der Waals surface area (Å²) < 4.78 is 5.51. The molecule has 3 heteroatoms. The summed E-state index contributed by atoms with van der Waals surface area (Å²) in [6.45, 7) is 2.03. The van der Waals surface area contributed by atoms with Gasteiger partial charge >= 0.3 is 5.97 Å². The number of benzene rings is 2. The van der Waals surface area contributed by atoms with Crippen molar-refractivity contribution in [2.24, 2.45) is 0 Å². The van der Waals surface area contributed by atoms with Crippen LogP contribution in [0.3, 0.4) is 0 Å². The second kappa shape index (κ2) is 4.71. The maximum absolute atomic E-state index is 12.0. The van der Waals surface area contributed by atoms with Crippen molar-refractivity contribution in [1.29, 1.82) is 0 Å². The van der Waals surface area contributed by atoms with Gasteiger partial charge in [0.15, 0.2) is 0 Å². The molecule has 0 aliphatic carbocycles. The standard InChI is InChI=1S/C16H13ClO2/c1-10-3-2-4-11(7-10)15-9-12-8-13(17)5-6-14(12)16(18)19-15/h2-8,15H,9H2,1H3. The van der Waals surface area contributed by atoms with E-state index in [4.69, 9.17) is 16.3 Å². The number of fused-ring (bicyclic) bond motifs is 1. The number of cyclic esters (lactones) is 1. The van der Waals surface area contributed by atoms with Crippen LogP contribution in [0.5, 0.6) is 0 Å². The van der Waals surface area contributed by atoms with Crippen molar-refractivity contribution >= 4 is 17.6 Å². The van der Waals surface area contributed by atoms with E-state index in [0.29, 0.717) is 17.0 Å². The topological polar surface area (TPSA) is 26.3 Å². The first kappa shape index (κ1) is 12.2. The molecule has 2 aromatic rings. The van der Waals surface area contributed by atoms with E-state index in [1.54, 1.807) is 12.1 Å². The number of carbonyl (C=O) groups is 1. The van der Waals surface area contributed by atoms with Gasteiger partial charge in [0.05, 0.1) is 5.56 Å². The molecule has 0 saturated heterocycles. The summed E-state index contributed by atoms with van der Waals surface area (Å²) in [5.74, 6) is -0.274. The maximum atomic E-state index is 12.0. The maximum Gasteiger partial charge on any atom is 0.339 e. The molecule has 1 heterocycles. The van der Waals surface area contributed by atoms with Gasteiger partial charge in [-0.25, -0.2) is 4.79 Å². The van der Waals surface area contributed by atoms with Crippen LogP contribution in [0.15, 0.2) is 42.5 Å². The number of hydrogen-bond donors (Lipinski definition) is 0. The molecule has 0 bridgehead atoms. The second-order valence-corrected chi connectivity index (χ2v) is 5.25. The molecule has 0 saturated carbocycles. The lowest BCUT2D eigenvalue weighted by Gasteiger charge is -2.25. The van der Waals surface area contributed by atoms with Crippen LogP contribution in [-0.4, -0.2) is 5.97 Å². The summed E-state index contributed by atoms with van der Waals surface area (Å²) in [6.07, 6.45) is 0.448. The molecule has 1 aliphatic rings. The monoisotopic (exact) mass is 272 g/mol. The van der Waals surface area contributed by atoms with Crippen LogP contribution >= 0.6 is 11.6 Å². The van der Waals surface area contributed by atoms with Gasteiger partial charge in [-0.1, -0.05) is 41.4 Å². The second-order valence-electron chi connectivity index (χ2n) is 4.81. The first-order valence-corrected chi connectivity index (χ1v) is 6.57. The Labute approximate surface area is 117 Å². The van der Waals surface area contributed by atoms with Crippen molar-refractivity contribution in [2.45, 2.75) is 19.4 Å². The zero-order valence-corrected chi connectivity index (χ0v) is 11.3. The lowest BCUT2D eigenvalue weighted by atomic mass is 9.94. The number of aryl methyl sites for hydroxylation is 1. The molecule has 0 aromatic heterocycles. The van der Waals surface area contributed by atoms with Crippen LogP contribution < -0.4 is 0 Å². The van der Waals surface area contributed by atoms with Crippen LogP contribution in [0.25, 0.3) is 0 Å². The number of rotatable bonds is 1. The van der Waals surface area contributed by atoms with Gasteiger partial charge < -0.3 is 4.74 Å². The highest BCUT2D eigenvalue weighted by molar-refractivity contribution is 6.30. The molecule has 0 N–H and O–H groups in total. The number of ether oxygens (including phenoxy) is 1. The van der Waals surface area contributed by atoms with Gasteiger partial charge in [0.25, 0.3) is 0 Å². The van der Waals surface area contributed by atoms with E-state index in [0.717, 1.165) is 16.7 Å². The molecule has 19 heavy (non-hydrogen) atoms. The zero-order chi connectivity index (χ0) is 13.4. The van der Waals surface area contributed by atoms with E-state index in [1.165, 1.54) is 0 Å². The van der Waals surface area contributed by atoms with E-state index in [1.807, 2.05) is 37.3 Å². The van der Waals surface area contributed by atoms with Crippen molar-refractivity contribution in [2.75, 3.05) is 0 Å². The van der Waals surface area contributed by atoms with Crippen LogP contribution in [0.1, 0.15) is 33.2 Å². The highest BCUT2D eigenvalue weighted by Gasteiger charge is 2.27. The molecular weight excluding hydrogens is 260 g/mol. The largest absolute Gasteiger partial charge is 0.454 e. The minimum absolute atomic E-state index is 0.224. The third-order valence-corrected chi connectivity index (χ3v) is 3.59. The summed E-state index contributed by atoms with van der Waals surface area (Å²) in [7, 11) is 0. The Morgan fingerprint density at radius 2 is 2.05 bits per heavy atom. The highest BCUT2D eigenvalue weighted by atomic mass is 35.5. The average Bonchev–Trinajstić information content (AvgIpc) is 2.38. The molecule has 0 radical (unpaired) electrons. The molecule has 0 spiro atoms. The highest BCUT2D eigenvalue weighted by Crippen LogP contribution is 2.32. The molecule has 0 amide bonds. The minimum Gasteiger partial charge on any atom is -0.454 e. The predicted molar refractivity (Wildman–Crippen MR) is 74.5 cm³/mol. The van der Waals surface area contributed by atoms with Crippen molar-refractivity contribution in [3.63, 3.8) is 0 Å². The zero-order valence-electron chi connectivity index (χ0n) is 10.5. The Bertz CT molecular complexity index is 649. The van der Waals surface area contributed by atoms with E-state index in [2.05, 4.69) is 0 Å². The van der Waals surface area contributed by atoms with Gasteiger partial charge in [-0.3, -0.25) is 0 Å². The fraction of sp³-hybridized carbons (Fsp3) is 0.188. The molecule has 2 aromatic carbocycles. The summed E-state index contributed by atoms with van der Waals surface area (Å²) in [5, 5.41) is 0.649. The van der Waals surface area contributed by atoms with Gasteiger partial charge in [0, 0.05) is 11.4 Å². The van der Waals surface area contributed by atoms with E-state index < -0.39 is 0 Å². The van der Waals surface area contributed by atoms with Gasteiger partial charge in [-0.2, -0.15) is 0 Å². The Morgan fingerprint density at radius 3 is 2.84 bits per heavy atom. The van der Waals surface area contributed by atoms with Gasteiger partial charge in [-0.05, 0) is 36.2 Å². The molecule has 96 valence electrons. The van der Waals surface area contributed by atoms with Crippen molar-refractivity contribution < 1.29 is 9.53 Å². The lowest BCUT2D eigenvalue weighted by molar-refractivity contribution is 0.0253. The lowest BCUT2D eigenvalue weighted by Crippen LogP contribution is -2.21. The Morgan fingerprint density at radius 1 is 1.21 bits per heavy atom. The van der Waals surface area contributed by atoms with Crippen LogP contribution in [0.4, 0.5) is 0 Å². The average molecular weight is 273 g/mol. The van der Waals surface area contributed by atoms with Gasteiger partial charge in [0.2, 0.25) is 0 Å². The Balaban J connectivity index is 1.98. The molecule has 1 unspecified atom stereocenters. The Kier molecular flexibility index (Phi) is 3.03. The summed E-state index contributed by atoms with van der Waals surface area (Å²) in [6, 6.07) is 13.3. The normalized spacial score (nSPS) is 17.8. The summed E-state index contributed by atoms with van der Waals surface area (Å²) in [5.41, 5.74) is 3.76. The molecular formula is C16H13ClO2. The number of hydrogen-bond acceptors (Lipinski definition) is 2. The van der Waals surface area contributed by atoms with Crippen molar-refractivity contribution in [3.8, 4) is 0 Å². The summed E-state index contributed by atoms with van der Waals surface area (Å²) >= 11 is 5.99. The van der Waals surface area contributed by atoms with Crippen LogP contribution in [0, 0.1) is 6.92 Å². The van der Waals surface area contributed by atoms with E-state index in [9.17, 15) is 4.79 Å². The predicted octanol–water partition coefficient (Wildman–Crippen LogP) is 4.10. The summed E-state index contributed by atoms with van der Waals surface area (Å²) in [4.78, 5) is 12.0. The molecule has 1 aliphatic heterocycles. The van der Waals surface area contributed by atoms with Crippen LogP contribution in [0.2, 0.25) is 5.02 Å². The van der Waals surface area contributed by atoms with E-state index >= 15 is 0 Å². The molecule has 1 atom stereocenters. The first-order chi connectivity index (χ1) is 9.13. The molecule has 0 fully saturated rings. The fourth-order valence-electron chi connectivity index (χ4n) is 2.42. The fourth-order valence-corrected chi connectivity index (χ4v) is 2.62. The SMILES string of the molecule is Cc1cccc(C2Cc3cc(Cl)ccc3C(=O)O2)c1. The third kappa shape index (κ3) is 2.36. The third-order valence-electron chi connectivity index (χ3n) is 3.36. The smallest absolute Gasteiger partial charge is 0.339 e. The molecule has 2 nitrogen and oxygen atoms in total. The molecule has 3 rings (SSSR count). The quantitative estimate of drug-likeness (QED) is 0.731. The van der Waals surface area contributed by atoms with Crippen LogP contribution in [-0.2, 0) is 11.2 Å².